The molecule has 0 spiro atoms. The number of anilines is 1. The molecule has 162 valence electrons. The Kier molecular flexibility index (Phi) is 6.09. The lowest BCUT2D eigenvalue weighted by molar-refractivity contribution is -0.116. The van der Waals surface area contributed by atoms with Gasteiger partial charge < -0.3 is 10.1 Å². The molecule has 0 saturated heterocycles. The quantitative estimate of drug-likeness (QED) is 0.446. The molecule has 1 N–H and O–H groups in total. The minimum absolute atomic E-state index is 0.246. The van der Waals surface area contributed by atoms with Crippen molar-refractivity contribution in [3.63, 3.8) is 0 Å². The number of nitrogens with zero attached hydrogens (tertiary/aromatic N) is 2. The van der Waals surface area contributed by atoms with Crippen LogP contribution in [-0.4, -0.2) is 28.0 Å². The summed E-state index contributed by atoms with van der Waals surface area (Å²) in [6.45, 7) is 1.70. The van der Waals surface area contributed by atoms with Gasteiger partial charge in [0.05, 0.1) is 23.9 Å². The molecule has 1 amide bonds. The molecule has 0 bridgehead atoms. The van der Waals surface area contributed by atoms with Crippen LogP contribution in [0.15, 0.2) is 65.0 Å². The van der Waals surface area contributed by atoms with Gasteiger partial charge in [-0.2, -0.15) is 0 Å². The van der Waals surface area contributed by atoms with Gasteiger partial charge in [0.1, 0.15) is 17.2 Å². The molecule has 2 aromatic carbocycles. The predicted molar refractivity (Wildman–Crippen MR) is 120 cm³/mol. The van der Waals surface area contributed by atoms with Crippen molar-refractivity contribution in [2.24, 2.45) is 0 Å². The second-order valence-corrected chi connectivity index (χ2v) is 7.72. The third kappa shape index (κ3) is 4.42. The van der Waals surface area contributed by atoms with Crippen molar-refractivity contribution < 1.29 is 18.7 Å². The van der Waals surface area contributed by atoms with Gasteiger partial charge in [0.15, 0.2) is 0 Å². The van der Waals surface area contributed by atoms with Gasteiger partial charge in [-0.3, -0.25) is 14.2 Å². The summed E-state index contributed by atoms with van der Waals surface area (Å²) in [5.74, 6) is -1.31. The predicted octanol–water partition coefficient (Wildman–Crippen LogP) is 4.08. The van der Waals surface area contributed by atoms with Crippen molar-refractivity contribution in [1.29, 1.82) is 0 Å². The fraction of sp³-hybridized carbons (Fsp3) is 0.130. The molecular weight excluding hydrogens is 433 g/mol. The van der Waals surface area contributed by atoms with E-state index in [9.17, 15) is 18.8 Å². The second kappa shape index (κ2) is 9.11. The molecule has 32 heavy (non-hydrogen) atoms. The van der Waals surface area contributed by atoms with Crippen LogP contribution in [0.3, 0.4) is 0 Å². The summed E-state index contributed by atoms with van der Waals surface area (Å²) in [6.07, 6.45) is 1.32. The molecule has 0 aliphatic rings. The van der Waals surface area contributed by atoms with Gasteiger partial charge in [0, 0.05) is 16.6 Å². The number of fused-ring (bicyclic) bond motifs is 1. The van der Waals surface area contributed by atoms with Gasteiger partial charge in [0.25, 0.3) is 5.56 Å². The first kappa shape index (κ1) is 21.4. The molecule has 0 aliphatic heterocycles. The molecule has 0 aliphatic carbocycles. The topological polar surface area (TPSA) is 90.3 Å². The van der Waals surface area contributed by atoms with Crippen molar-refractivity contribution in [1.82, 2.24) is 9.55 Å². The monoisotopic (exact) mass is 451 g/mol. The first-order valence-corrected chi connectivity index (χ1v) is 10.6. The van der Waals surface area contributed by atoms with Gasteiger partial charge in [-0.1, -0.05) is 18.2 Å². The number of aromatic nitrogens is 2. The van der Waals surface area contributed by atoms with Crippen molar-refractivity contribution in [2.75, 3.05) is 11.9 Å². The third-order valence-corrected chi connectivity index (χ3v) is 5.57. The Morgan fingerprint density at radius 2 is 1.97 bits per heavy atom. The zero-order chi connectivity index (χ0) is 22.7. The summed E-state index contributed by atoms with van der Waals surface area (Å²) in [6, 6.07) is 12.2. The average molecular weight is 451 g/mol. The lowest BCUT2D eigenvalue weighted by atomic mass is 10.1. The second-order valence-electron chi connectivity index (χ2n) is 6.86. The SMILES string of the molecule is CCOC(=O)c1cccc(NC(=O)Cn2cnc3scc(-c4ccc(F)cc4)c3c2=O)c1. The van der Waals surface area contributed by atoms with Crippen LogP contribution in [0.5, 0.6) is 0 Å². The average Bonchev–Trinajstić information content (AvgIpc) is 3.21. The highest BCUT2D eigenvalue weighted by molar-refractivity contribution is 7.17. The van der Waals surface area contributed by atoms with E-state index in [0.29, 0.717) is 32.6 Å². The molecule has 4 aromatic rings. The Labute approximate surface area is 186 Å². The zero-order valence-electron chi connectivity index (χ0n) is 17.0. The van der Waals surface area contributed by atoms with Crippen LogP contribution in [0, 0.1) is 5.82 Å². The molecule has 2 aromatic heterocycles. The Hall–Kier alpha value is -3.85. The zero-order valence-corrected chi connectivity index (χ0v) is 17.8. The number of amides is 1. The number of benzene rings is 2. The Bertz CT molecular complexity index is 1360. The molecular formula is C23H18FN3O4S. The minimum Gasteiger partial charge on any atom is -0.462 e. The van der Waals surface area contributed by atoms with E-state index in [2.05, 4.69) is 10.3 Å². The maximum Gasteiger partial charge on any atom is 0.338 e. The standard InChI is InChI=1S/C23H18FN3O4S/c1-2-31-23(30)15-4-3-5-17(10-15)26-19(28)11-27-13-25-21-20(22(27)29)18(12-32-21)14-6-8-16(24)9-7-14/h3-10,12-13H,2,11H2,1H3,(H,26,28). The summed E-state index contributed by atoms with van der Waals surface area (Å²) < 4.78 is 19.4. The number of ether oxygens (including phenoxy) is 1. The molecule has 2 heterocycles. The van der Waals surface area contributed by atoms with Crippen LogP contribution >= 0.6 is 11.3 Å². The van der Waals surface area contributed by atoms with Crippen LogP contribution in [0.4, 0.5) is 10.1 Å². The van der Waals surface area contributed by atoms with Crippen LogP contribution in [-0.2, 0) is 16.1 Å². The highest BCUT2D eigenvalue weighted by Crippen LogP contribution is 2.30. The largest absolute Gasteiger partial charge is 0.462 e. The van der Waals surface area contributed by atoms with E-state index in [1.807, 2.05) is 0 Å². The van der Waals surface area contributed by atoms with Crippen LogP contribution in [0.2, 0.25) is 0 Å². The molecule has 0 atom stereocenters. The lowest BCUT2D eigenvalue weighted by Gasteiger charge is -2.09. The maximum atomic E-state index is 13.3. The van der Waals surface area contributed by atoms with E-state index in [1.165, 1.54) is 40.4 Å². The summed E-state index contributed by atoms with van der Waals surface area (Å²) in [5.41, 5.74) is 1.68. The Morgan fingerprint density at radius 1 is 1.19 bits per heavy atom. The third-order valence-electron chi connectivity index (χ3n) is 4.69. The number of rotatable bonds is 6. The van der Waals surface area contributed by atoms with Crippen LogP contribution in [0.25, 0.3) is 21.3 Å². The summed E-state index contributed by atoms with van der Waals surface area (Å²) >= 11 is 1.30. The fourth-order valence-corrected chi connectivity index (χ4v) is 4.12. The number of esters is 1. The van der Waals surface area contributed by atoms with Crippen molar-refractivity contribution in [3.8, 4) is 11.1 Å². The first-order chi connectivity index (χ1) is 15.5. The number of carbonyl (C=O) groups is 2. The molecule has 0 fully saturated rings. The highest BCUT2D eigenvalue weighted by Gasteiger charge is 2.15. The molecule has 9 heteroatoms. The molecule has 0 radical (unpaired) electrons. The van der Waals surface area contributed by atoms with E-state index in [1.54, 1.807) is 42.6 Å². The van der Waals surface area contributed by atoms with E-state index in [0.717, 1.165) is 0 Å². The first-order valence-electron chi connectivity index (χ1n) is 9.76. The van der Waals surface area contributed by atoms with Crippen molar-refractivity contribution in [2.45, 2.75) is 13.5 Å². The van der Waals surface area contributed by atoms with E-state index in [-0.39, 0.29) is 24.5 Å². The van der Waals surface area contributed by atoms with Crippen molar-refractivity contribution in [3.05, 3.63) is 82.0 Å². The number of carbonyl (C=O) groups excluding carboxylic acids is 2. The van der Waals surface area contributed by atoms with Gasteiger partial charge >= 0.3 is 5.97 Å². The van der Waals surface area contributed by atoms with E-state index >= 15 is 0 Å². The summed E-state index contributed by atoms with van der Waals surface area (Å²) in [5, 5.41) is 4.84. The number of hydrogen-bond acceptors (Lipinski definition) is 6. The molecule has 4 rings (SSSR count). The molecule has 0 saturated carbocycles. The minimum atomic E-state index is -0.486. The highest BCUT2D eigenvalue weighted by atomic mass is 32.1. The maximum absolute atomic E-state index is 13.3. The van der Waals surface area contributed by atoms with Crippen LogP contribution < -0.4 is 10.9 Å². The van der Waals surface area contributed by atoms with Crippen molar-refractivity contribution >= 4 is 39.1 Å². The number of halogens is 1. The number of nitrogens with one attached hydrogen (secondary N) is 1. The fourth-order valence-electron chi connectivity index (χ4n) is 3.22. The molecule has 0 unspecified atom stereocenters. The van der Waals surface area contributed by atoms with E-state index in [4.69, 9.17) is 4.74 Å². The summed E-state index contributed by atoms with van der Waals surface area (Å²) in [7, 11) is 0. The van der Waals surface area contributed by atoms with E-state index < -0.39 is 11.9 Å². The van der Waals surface area contributed by atoms with Crippen LogP contribution in [0.1, 0.15) is 17.3 Å². The number of hydrogen-bond donors (Lipinski definition) is 1. The summed E-state index contributed by atoms with van der Waals surface area (Å²) in [4.78, 5) is 42.3. The van der Waals surface area contributed by atoms with Gasteiger partial charge in [0.2, 0.25) is 5.91 Å². The van der Waals surface area contributed by atoms with Gasteiger partial charge in [-0.05, 0) is 42.8 Å². The number of thiophene rings is 1. The smallest absolute Gasteiger partial charge is 0.338 e. The van der Waals surface area contributed by atoms with Gasteiger partial charge in [-0.15, -0.1) is 11.3 Å². The lowest BCUT2D eigenvalue weighted by Crippen LogP contribution is -2.27. The normalized spacial score (nSPS) is 10.8. The Balaban J connectivity index is 1.58. The van der Waals surface area contributed by atoms with Gasteiger partial charge in [-0.25, -0.2) is 14.2 Å². The Morgan fingerprint density at radius 3 is 2.72 bits per heavy atom. The molecule has 7 nitrogen and oxygen atoms in total.